The number of rotatable bonds is 3. The Morgan fingerprint density at radius 2 is 2.27 bits per heavy atom. The SMILES string of the molecule is COC(=O)c1nccc(CCl)c1C(=O)O. The van der Waals surface area contributed by atoms with Gasteiger partial charge in [-0.1, -0.05) is 0 Å². The molecular weight excluding hydrogens is 222 g/mol. The molecule has 1 aromatic heterocycles. The van der Waals surface area contributed by atoms with Crippen LogP contribution in [0.2, 0.25) is 0 Å². The summed E-state index contributed by atoms with van der Waals surface area (Å²) in [5.41, 5.74) is -0.109. The fourth-order valence-corrected chi connectivity index (χ4v) is 1.33. The topological polar surface area (TPSA) is 76.5 Å². The largest absolute Gasteiger partial charge is 0.478 e. The highest BCUT2D eigenvalue weighted by atomic mass is 35.5. The Morgan fingerprint density at radius 1 is 1.60 bits per heavy atom. The molecule has 0 bridgehead atoms. The van der Waals surface area contributed by atoms with Gasteiger partial charge in [0.2, 0.25) is 0 Å². The van der Waals surface area contributed by atoms with Crippen LogP contribution in [0.25, 0.3) is 0 Å². The van der Waals surface area contributed by atoms with Crippen molar-refractivity contribution in [2.75, 3.05) is 7.11 Å². The van der Waals surface area contributed by atoms with E-state index >= 15 is 0 Å². The number of methoxy groups -OCH3 is 1. The van der Waals surface area contributed by atoms with E-state index in [2.05, 4.69) is 9.72 Å². The van der Waals surface area contributed by atoms with Crippen LogP contribution in [0.1, 0.15) is 26.4 Å². The lowest BCUT2D eigenvalue weighted by Crippen LogP contribution is -2.14. The molecule has 5 nitrogen and oxygen atoms in total. The Bertz CT molecular complexity index is 405. The summed E-state index contributed by atoms with van der Waals surface area (Å²) in [5, 5.41) is 8.92. The number of hydrogen-bond acceptors (Lipinski definition) is 4. The number of esters is 1. The van der Waals surface area contributed by atoms with Crippen molar-refractivity contribution >= 4 is 23.5 Å². The third-order valence-electron chi connectivity index (χ3n) is 1.77. The van der Waals surface area contributed by atoms with E-state index in [4.69, 9.17) is 16.7 Å². The standard InChI is InChI=1S/C9H8ClNO4/c1-15-9(14)7-6(8(12)13)5(4-10)2-3-11-7/h2-3H,4H2,1H3,(H,12,13). The van der Waals surface area contributed by atoms with Gasteiger partial charge in [0, 0.05) is 12.1 Å². The molecule has 0 spiro atoms. The third kappa shape index (κ3) is 2.24. The van der Waals surface area contributed by atoms with Gasteiger partial charge in [-0.2, -0.15) is 0 Å². The van der Waals surface area contributed by atoms with Crippen LogP contribution >= 0.6 is 11.6 Å². The molecule has 1 heterocycles. The van der Waals surface area contributed by atoms with Crippen molar-refractivity contribution in [1.29, 1.82) is 0 Å². The lowest BCUT2D eigenvalue weighted by molar-refractivity contribution is 0.0575. The molecule has 1 N–H and O–H groups in total. The summed E-state index contributed by atoms with van der Waals surface area (Å²) in [4.78, 5) is 25.8. The first-order valence-electron chi connectivity index (χ1n) is 3.97. The number of aromatic nitrogens is 1. The zero-order chi connectivity index (χ0) is 11.4. The molecule has 0 aliphatic carbocycles. The highest BCUT2D eigenvalue weighted by Crippen LogP contribution is 2.15. The summed E-state index contributed by atoms with van der Waals surface area (Å²) in [6.45, 7) is 0. The van der Waals surface area contributed by atoms with Crippen LogP contribution in [0.3, 0.4) is 0 Å². The van der Waals surface area contributed by atoms with Crippen molar-refractivity contribution in [3.63, 3.8) is 0 Å². The van der Waals surface area contributed by atoms with Crippen molar-refractivity contribution in [3.05, 3.63) is 29.1 Å². The Balaban J connectivity index is 3.38. The van der Waals surface area contributed by atoms with E-state index in [0.717, 1.165) is 7.11 Å². The lowest BCUT2D eigenvalue weighted by atomic mass is 10.1. The van der Waals surface area contributed by atoms with Crippen LogP contribution in [0.5, 0.6) is 0 Å². The molecule has 0 fully saturated rings. The van der Waals surface area contributed by atoms with Gasteiger partial charge >= 0.3 is 11.9 Å². The predicted octanol–water partition coefficient (Wildman–Crippen LogP) is 1.31. The first-order valence-corrected chi connectivity index (χ1v) is 4.50. The van der Waals surface area contributed by atoms with Crippen LogP contribution in [0.4, 0.5) is 0 Å². The molecule has 0 atom stereocenters. The number of carbonyl (C=O) groups excluding carboxylic acids is 1. The van der Waals surface area contributed by atoms with E-state index in [1.165, 1.54) is 12.3 Å². The Morgan fingerprint density at radius 3 is 2.73 bits per heavy atom. The molecule has 6 heteroatoms. The normalized spacial score (nSPS) is 9.73. The monoisotopic (exact) mass is 229 g/mol. The summed E-state index contributed by atoms with van der Waals surface area (Å²) in [6, 6.07) is 1.45. The summed E-state index contributed by atoms with van der Waals surface area (Å²) in [5.74, 6) is -2.05. The van der Waals surface area contributed by atoms with Gasteiger partial charge in [-0.25, -0.2) is 14.6 Å². The van der Waals surface area contributed by atoms with Crippen LogP contribution < -0.4 is 0 Å². The van der Waals surface area contributed by atoms with Gasteiger partial charge in [-0.3, -0.25) is 0 Å². The minimum Gasteiger partial charge on any atom is -0.478 e. The second-order valence-corrected chi connectivity index (χ2v) is 2.89. The molecule has 80 valence electrons. The minimum absolute atomic E-state index is 0.00581. The number of pyridine rings is 1. The Labute approximate surface area is 90.6 Å². The molecule has 1 aromatic rings. The maximum atomic E-state index is 11.2. The number of aromatic carboxylic acids is 1. The van der Waals surface area contributed by atoms with E-state index in [1.807, 2.05) is 0 Å². The van der Waals surface area contributed by atoms with Gasteiger partial charge in [-0.05, 0) is 11.6 Å². The van der Waals surface area contributed by atoms with Gasteiger partial charge in [0.25, 0.3) is 0 Å². The molecule has 0 saturated heterocycles. The molecular formula is C9H8ClNO4. The minimum atomic E-state index is -1.25. The second-order valence-electron chi connectivity index (χ2n) is 2.62. The first-order chi connectivity index (χ1) is 7.11. The van der Waals surface area contributed by atoms with E-state index in [-0.39, 0.29) is 17.1 Å². The average molecular weight is 230 g/mol. The number of halogens is 1. The van der Waals surface area contributed by atoms with Crippen molar-refractivity contribution < 1.29 is 19.4 Å². The number of carboxylic acid groups (broad SMARTS) is 1. The van der Waals surface area contributed by atoms with Gasteiger partial charge < -0.3 is 9.84 Å². The second kappa shape index (κ2) is 4.75. The van der Waals surface area contributed by atoms with E-state index < -0.39 is 11.9 Å². The van der Waals surface area contributed by atoms with Crippen LogP contribution in [-0.2, 0) is 10.6 Å². The number of alkyl halides is 1. The average Bonchev–Trinajstić information content (AvgIpc) is 2.26. The van der Waals surface area contributed by atoms with Gasteiger partial charge in [0.1, 0.15) is 0 Å². The van der Waals surface area contributed by atoms with Gasteiger partial charge in [0.15, 0.2) is 5.69 Å². The zero-order valence-corrected chi connectivity index (χ0v) is 8.61. The number of ether oxygens (including phenoxy) is 1. The van der Waals surface area contributed by atoms with Crippen molar-refractivity contribution in [1.82, 2.24) is 4.98 Å². The first kappa shape index (κ1) is 11.5. The third-order valence-corrected chi connectivity index (χ3v) is 2.06. The fourth-order valence-electron chi connectivity index (χ4n) is 1.10. The predicted molar refractivity (Wildman–Crippen MR) is 52.1 cm³/mol. The van der Waals surface area contributed by atoms with E-state index in [1.54, 1.807) is 0 Å². The highest BCUT2D eigenvalue weighted by molar-refractivity contribution is 6.18. The van der Waals surface area contributed by atoms with Gasteiger partial charge in [0.05, 0.1) is 12.7 Å². The van der Waals surface area contributed by atoms with Crippen LogP contribution in [0.15, 0.2) is 12.3 Å². The molecule has 0 radical (unpaired) electrons. The quantitative estimate of drug-likeness (QED) is 0.625. The van der Waals surface area contributed by atoms with Crippen LogP contribution in [-0.4, -0.2) is 29.1 Å². The van der Waals surface area contributed by atoms with Crippen molar-refractivity contribution in [2.45, 2.75) is 5.88 Å². The Kier molecular flexibility index (Phi) is 3.62. The highest BCUT2D eigenvalue weighted by Gasteiger charge is 2.21. The maximum Gasteiger partial charge on any atom is 0.357 e. The summed E-state index contributed by atoms with van der Waals surface area (Å²) in [6.07, 6.45) is 1.32. The maximum absolute atomic E-state index is 11.2. The molecule has 1 rings (SSSR count). The summed E-state index contributed by atoms with van der Waals surface area (Å²) < 4.78 is 4.42. The molecule has 0 amide bonds. The number of nitrogens with zero attached hydrogens (tertiary/aromatic N) is 1. The molecule has 15 heavy (non-hydrogen) atoms. The Hall–Kier alpha value is -1.62. The number of hydrogen-bond donors (Lipinski definition) is 1. The lowest BCUT2D eigenvalue weighted by Gasteiger charge is -2.06. The number of carboxylic acids is 1. The molecule has 0 aliphatic rings. The van der Waals surface area contributed by atoms with Crippen molar-refractivity contribution in [3.8, 4) is 0 Å². The van der Waals surface area contributed by atoms with Crippen LogP contribution in [0, 0.1) is 0 Å². The van der Waals surface area contributed by atoms with E-state index in [9.17, 15) is 9.59 Å². The molecule has 0 aliphatic heterocycles. The smallest absolute Gasteiger partial charge is 0.357 e. The van der Waals surface area contributed by atoms with E-state index in [0.29, 0.717) is 5.56 Å². The molecule has 0 saturated carbocycles. The van der Waals surface area contributed by atoms with Gasteiger partial charge in [-0.15, -0.1) is 11.6 Å². The zero-order valence-electron chi connectivity index (χ0n) is 7.86. The fraction of sp³-hybridized carbons (Fsp3) is 0.222. The number of carbonyl (C=O) groups is 2. The summed E-state index contributed by atoms with van der Waals surface area (Å²) in [7, 11) is 1.16. The van der Waals surface area contributed by atoms with Crippen molar-refractivity contribution in [2.24, 2.45) is 0 Å². The molecule has 0 unspecified atom stereocenters. The summed E-state index contributed by atoms with van der Waals surface area (Å²) >= 11 is 5.55. The molecule has 0 aromatic carbocycles.